The van der Waals surface area contributed by atoms with Gasteiger partial charge in [0.15, 0.2) is 11.5 Å². The fourth-order valence-electron chi connectivity index (χ4n) is 4.94. The number of ketones is 1. The molecule has 0 spiro atoms. The number of benzene rings is 1. The Kier molecular flexibility index (Phi) is 4.79. The van der Waals surface area contributed by atoms with Gasteiger partial charge in [-0.3, -0.25) is 4.79 Å². The molecule has 0 amide bonds. The molecule has 11 nitrogen and oxygen atoms in total. The third kappa shape index (κ3) is 3.01. The summed E-state index contributed by atoms with van der Waals surface area (Å²) in [4.78, 5) is 27.9. The number of carbonyl (C=O) groups excluding carboxylic acids is 1. The lowest BCUT2D eigenvalue weighted by Gasteiger charge is -2.23. The van der Waals surface area contributed by atoms with Crippen LogP contribution in [0.5, 0.6) is 0 Å². The van der Waals surface area contributed by atoms with Crippen molar-refractivity contribution in [3.05, 3.63) is 51.6 Å². The molecule has 2 aromatic heterocycles. The van der Waals surface area contributed by atoms with Crippen molar-refractivity contribution in [2.45, 2.75) is 38.1 Å². The number of hydrogen-bond acceptors (Lipinski definition) is 8. The smallest absolute Gasteiger partial charge is 0.220 e. The second-order valence-electron chi connectivity index (χ2n) is 8.20. The summed E-state index contributed by atoms with van der Waals surface area (Å²) in [5, 5.41) is 28.6. The molecule has 0 radical (unpaired) electrons. The zero-order valence-electron chi connectivity index (χ0n) is 16.9. The van der Waals surface area contributed by atoms with E-state index < -0.39 is 23.7 Å². The Bertz CT molecular complexity index is 1290. The van der Waals surface area contributed by atoms with E-state index in [-0.39, 0.29) is 17.6 Å². The fraction of sp³-hybridized carbons (Fsp3) is 0.400. The van der Waals surface area contributed by atoms with Crippen LogP contribution in [-0.2, 0) is 11.3 Å². The van der Waals surface area contributed by atoms with Crippen LogP contribution in [-0.4, -0.2) is 47.7 Å². The molecule has 1 aromatic carbocycles. The molecular formula is C20H19ClN8O3. The standard InChI is InChI=1S/C20H19ClN8O3/c1-9(30)20-6-12(20)14(15(31)16(20)32)29-8-24-13-17(25-19(27-28-22)26-18(13)29)23-7-10-3-2-4-11(21)5-10/h2-5,8,12,14-16,31-32H,6-7H2,1H3,(H,23,25,26)/t12?,14-,15+,16?,20+/m1/s1. The van der Waals surface area contributed by atoms with Gasteiger partial charge in [0.05, 0.1) is 23.9 Å². The molecule has 2 fully saturated rings. The van der Waals surface area contributed by atoms with E-state index in [9.17, 15) is 15.0 Å². The molecule has 164 valence electrons. The molecule has 0 bridgehead atoms. The number of halogens is 1. The van der Waals surface area contributed by atoms with Crippen molar-refractivity contribution in [2.24, 2.45) is 16.4 Å². The van der Waals surface area contributed by atoms with Gasteiger partial charge in [-0.1, -0.05) is 23.7 Å². The van der Waals surface area contributed by atoms with E-state index in [4.69, 9.17) is 17.1 Å². The topological polar surface area (TPSA) is 162 Å². The molecule has 2 heterocycles. The number of Topliss-reactive ketones (excluding diaryl/α,β-unsaturated/α-hetero) is 1. The number of anilines is 1. The van der Waals surface area contributed by atoms with Crippen LogP contribution in [0.2, 0.25) is 5.02 Å². The first-order chi connectivity index (χ1) is 15.4. The summed E-state index contributed by atoms with van der Waals surface area (Å²) in [6, 6.07) is 6.72. The molecule has 2 unspecified atom stereocenters. The molecule has 0 saturated heterocycles. The molecule has 2 aliphatic rings. The van der Waals surface area contributed by atoms with Crippen LogP contribution in [0.3, 0.4) is 0 Å². The first-order valence-electron chi connectivity index (χ1n) is 10.0. The van der Waals surface area contributed by atoms with Crippen LogP contribution in [0.25, 0.3) is 21.6 Å². The lowest BCUT2D eigenvalue weighted by molar-refractivity contribution is -0.128. The van der Waals surface area contributed by atoms with Gasteiger partial charge < -0.3 is 20.1 Å². The van der Waals surface area contributed by atoms with Crippen LogP contribution in [0.1, 0.15) is 24.9 Å². The van der Waals surface area contributed by atoms with Gasteiger partial charge in [-0.2, -0.15) is 0 Å². The molecule has 5 atom stereocenters. The van der Waals surface area contributed by atoms with Crippen molar-refractivity contribution in [2.75, 3.05) is 5.32 Å². The number of aliphatic hydroxyl groups is 2. The average molecular weight is 455 g/mol. The molecule has 32 heavy (non-hydrogen) atoms. The van der Waals surface area contributed by atoms with E-state index in [1.54, 1.807) is 10.6 Å². The predicted molar refractivity (Wildman–Crippen MR) is 115 cm³/mol. The van der Waals surface area contributed by atoms with Crippen molar-refractivity contribution in [1.29, 1.82) is 0 Å². The van der Waals surface area contributed by atoms with E-state index in [0.29, 0.717) is 35.0 Å². The Balaban J connectivity index is 1.55. The number of aliphatic hydroxyl groups excluding tert-OH is 2. The highest BCUT2D eigenvalue weighted by Gasteiger charge is 2.74. The maximum absolute atomic E-state index is 12.2. The van der Waals surface area contributed by atoms with E-state index in [0.717, 1.165) is 5.56 Å². The largest absolute Gasteiger partial charge is 0.389 e. The second-order valence-corrected chi connectivity index (χ2v) is 8.64. The average Bonchev–Trinajstić information content (AvgIpc) is 3.31. The molecule has 12 heteroatoms. The maximum Gasteiger partial charge on any atom is 0.220 e. The summed E-state index contributed by atoms with van der Waals surface area (Å²) in [6.07, 6.45) is -0.333. The van der Waals surface area contributed by atoms with Crippen molar-refractivity contribution in [3.8, 4) is 0 Å². The number of rotatable bonds is 6. The first kappa shape index (κ1) is 20.7. The number of aromatic nitrogens is 4. The Hall–Kier alpha value is -3.24. The van der Waals surface area contributed by atoms with E-state index in [2.05, 4.69) is 30.3 Å². The van der Waals surface area contributed by atoms with Crippen molar-refractivity contribution >= 4 is 40.3 Å². The van der Waals surface area contributed by atoms with Crippen LogP contribution in [0.15, 0.2) is 35.7 Å². The van der Waals surface area contributed by atoms with E-state index in [1.807, 2.05) is 18.2 Å². The Morgan fingerprint density at radius 1 is 1.44 bits per heavy atom. The zero-order chi connectivity index (χ0) is 22.6. The molecule has 3 N–H and O–H groups in total. The summed E-state index contributed by atoms with van der Waals surface area (Å²) >= 11 is 6.05. The predicted octanol–water partition coefficient (Wildman–Crippen LogP) is 2.91. The molecule has 2 saturated carbocycles. The molecule has 3 aromatic rings. The number of imidazole rings is 1. The number of carbonyl (C=O) groups is 1. The SMILES string of the molecule is CC(=O)[C@@]12CC1[C@@H](n1cnc3c(NCc4cccc(Cl)c4)nc(N=[N+]=[N-])nc31)[C@H](O)C2O. The summed E-state index contributed by atoms with van der Waals surface area (Å²) in [7, 11) is 0. The highest BCUT2D eigenvalue weighted by atomic mass is 35.5. The number of fused-ring (bicyclic) bond motifs is 2. The lowest BCUT2D eigenvalue weighted by atomic mass is 9.95. The maximum atomic E-state index is 12.2. The summed E-state index contributed by atoms with van der Waals surface area (Å²) in [5.74, 6) is -0.146. The lowest BCUT2D eigenvalue weighted by Crippen LogP contribution is -2.36. The Morgan fingerprint density at radius 3 is 2.94 bits per heavy atom. The van der Waals surface area contributed by atoms with Crippen molar-refractivity contribution in [1.82, 2.24) is 19.5 Å². The van der Waals surface area contributed by atoms with Gasteiger partial charge in [-0.25, -0.2) is 15.0 Å². The monoisotopic (exact) mass is 454 g/mol. The van der Waals surface area contributed by atoms with Crippen LogP contribution in [0, 0.1) is 11.3 Å². The third-order valence-corrected chi connectivity index (χ3v) is 6.78. The molecule has 2 aliphatic carbocycles. The van der Waals surface area contributed by atoms with Crippen molar-refractivity contribution < 1.29 is 15.0 Å². The van der Waals surface area contributed by atoms with Gasteiger partial charge in [-0.05, 0) is 47.6 Å². The summed E-state index contributed by atoms with van der Waals surface area (Å²) in [5.41, 5.74) is 9.60. The van der Waals surface area contributed by atoms with Crippen LogP contribution in [0.4, 0.5) is 11.8 Å². The van der Waals surface area contributed by atoms with Crippen LogP contribution < -0.4 is 5.32 Å². The number of nitrogens with one attached hydrogen (secondary N) is 1. The minimum atomic E-state index is -1.16. The normalized spacial score (nSPS) is 28.2. The third-order valence-electron chi connectivity index (χ3n) is 6.54. The van der Waals surface area contributed by atoms with Gasteiger partial charge in [-0.15, -0.1) is 0 Å². The molecule has 5 rings (SSSR count). The first-order valence-corrected chi connectivity index (χ1v) is 10.4. The Morgan fingerprint density at radius 2 is 2.25 bits per heavy atom. The Labute approximate surface area is 186 Å². The van der Waals surface area contributed by atoms with E-state index in [1.165, 1.54) is 13.3 Å². The highest BCUT2D eigenvalue weighted by Crippen LogP contribution is 2.68. The molecule has 0 aliphatic heterocycles. The number of hydrogen-bond donors (Lipinski definition) is 3. The zero-order valence-corrected chi connectivity index (χ0v) is 17.7. The summed E-state index contributed by atoms with van der Waals surface area (Å²) < 4.78 is 1.63. The van der Waals surface area contributed by atoms with Gasteiger partial charge in [0.2, 0.25) is 5.95 Å². The van der Waals surface area contributed by atoms with Gasteiger partial charge >= 0.3 is 0 Å². The van der Waals surface area contributed by atoms with Gasteiger partial charge in [0.25, 0.3) is 0 Å². The van der Waals surface area contributed by atoms with Gasteiger partial charge in [0, 0.05) is 16.5 Å². The summed E-state index contributed by atoms with van der Waals surface area (Å²) in [6.45, 7) is 1.82. The quantitative estimate of drug-likeness (QED) is 0.293. The minimum Gasteiger partial charge on any atom is -0.389 e. The second kappa shape index (κ2) is 7.42. The minimum absolute atomic E-state index is 0.114. The fourth-order valence-corrected chi connectivity index (χ4v) is 5.15. The number of nitrogens with zero attached hydrogens (tertiary/aromatic N) is 7. The van der Waals surface area contributed by atoms with Crippen LogP contribution >= 0.6 is 11.6 Å². The van der Waals surface area contributed by atoms with Gasteiger partial charge in [0.1, 0.15) is 17.4 Å². The number of azide groups is 1. The molecular weight excluding hydrogens is 436 g/mol. The van der Waals surface area contributed by atoms with Crippen molar-refractivity contribution in [3.63, 3.8) is 0 Å². The highest BCUT2D eigenvalue weighted by molar-refractivity contribution is 6.30. The van der Waals surface area contributed by atoms with E-state index >= 15 is 0 Å².